The quantitative estimate of drug-likeness (QED) is 0.568. The van der Waals surface area contributed by atoms with E-state index in [2.05, 4.69) is 0 Å². The minimum Gasteiger partial charge on any atom is -0.300 e. The Hall–Kier alpha value is -2.03. The molecule has 0 N–H and O–H groups in total. The number of carbonyl (C=O) groups excluding carboxylic acids is 1. The molecule has 0 spiro atoms. The van der Waals surface area contributed by atoms with E-state index in [4.69, 9.17) is 0 Å². The van der Waals surface area contributed by atoms with E-state index in [0.29, 0.717) is 24.7 Å². The Bertz CT molecular complexity index is 727. The zero-order valence-electron chi connectivity index (χ0n) is 14.8. The molecule has 0 bridgehead atoms. The van der Waals surface area contributed by atoms with Crippen molar-refractivity contribution in [3.8, 4) is 0 Å². The maximum atomic E-state index is 13.6. The molecule has 2 aromatic carbocycles. The summed E-state index contributed by atoms with van der Waals surface area (Å²) in [6, 6.07) is 13.4. The summed E-state index contributed by atoms with van der Waals surface area (Å²) in [5.41, 5.74) is 1.88. The van der Waals surface area contributed by atoms with Crippen LogP contribution in [0.3, 0.4) is 0 Å². The predicted octanol–water partition coefficient (Wildman–Crippen LogP) is 6.00. The first kappa shape index (κ1) is 17.4. The first-order valence-corrected chi connectivity index (χ1v) is 9.63. The lowest BCUT2D eigenvalue weighted by Crippen LogP contribution is -2.14. The summed E-state index contributed by atoms with van der Waals surface area (Å²) in [4.78, 5) is 12.9. The summed E-state index contributed by atoms with van der Waals surface area (Å²) in [5.74, 6) is 0.958. The number of rotatable bonds is 8. The van der Waals surface area contributed by atoms with Crippen LogP contribution in [-0.2, 0) is 4.79 Å². The predicted molar refractivity (Wildman–Crippen MR) is 98.0 cm³/mol. The maximum absolute atomic E-state index is 13.6. The van der Waals surface area contributed by atoms with Gasteiger partial charge < -0.3 is 0 Å². The zero-order chi connectivity index (χ0) is 18.1. The number of Topliss-reactive ketones (excluding diaryl/α,β-unsaturated/α-hetero) is 1. The van der Waals surface area contributed by atoms with Crippen molar-refractivity contribution in [1.82, 2.24) is 0 Å². The molecule has 2 fully saturated rings. The maximum Gasteiger partial charge on any atom is 0.134 e. The van der Waals surface area contributed by atoms with E-state index in [-0.39, 0.29) is 29.3 Å². The molecule has 0 radical (unpaired) electrons. The van der Waals surface area contributed by atoms with Gasteiger partial charge in [0.05, 0.1) is 0 Å². The molecule has 1 nitrogen and oxygen atoms in total. The lowest BCUT2D eigenvalue weighted by molar-refractivity contribution is -0.120. The lowest BCUT2D eigenvalue weighted by Gasteiger charge is -2.20. The molecule has 0 unspecified atom stereocenters. The number of carbonyl (C=O) groups is 1. The van der Waals surface area contributed by atoms with Gasteiger partial charge >= 0.3 is 0 Å². The normalized spacial score (nSPS) is 19.2. The molecule has 0 amide bonds. The van der Waals surface area contributed by atoms with E-state index in [1.165, 1.54) is 12.1 Å². The van der Waals surface area contributed by atoms with Crippen LogP contribution in [0.15, 0.2) is 48.5 Å². The number of hydrogen-bond acceptors (Lipinski definition) is 1. The fraction of sp³-hybridized carbons (Fsp3) is 0.435. The van der Waals surface area contributed by atoms with E-state index in [9.17, 15) is 13.6 Å². The van der Waals surface area contributed by atoms with E-state index in [1.807, 2.05) is 12.1 Å². The van der Waals surface area contributed by atoms with Crippen LogP contribution in [0.4, 0.5) is 8.78 Å². The fourth-order valence-corrected chi connectivity index (χ4v) is 4.16. The molecule has 2 aromatic rings. The standard InChI is InChI=1S/C23H24F2O/c24-19-5-1-3-17(11-19)22(15-7-8-15)13-21(26)14-23(16-9-10-16)18-4-2-6-20(25)12-18/h1-6,11-12,15-16,22-23H,7-10,13-14H2/t22-,23-/m1/s1. The van der Waals surface area contributed by atoms with Crippen molar-refractivity contribution >= 4 is 5.78 Å². The van der Waals surface area contributed by atoms with Crippen molar-refractivity contribution < 1.29 is 13.6 Å². The van der Waals surface area contributed by atoms with Crippen molar-refractivity contribution in [3.05, 3.63) is 71.3 Å². The van der Waals surface area contributed by atoms with Crippen molar-refractivity contribution in [3.63, 3.8) is 0 Å². The largest absolute Gasteiger partial charge is 0.300 e. The van der Waals surface area contributed by atoms with Crippen LogP contribution in [0.2, 0.25) is 0 Å². The average Bonchev–Trinajstić information content (AvgIpc) is 3.51. The van der Waals surface area contributed by atoms with Crippen molar-refractivity contribution in [2.45, 2.75) is 50.4 Å². The van der Waals surface area contributed by atoms with E-state index in [1.54, 1.807) is 24.3 Å². The van der Waals surface area contributed by atoms with Crippen molar-refractivity contribution in [2.24, 2.45) is 11.8 Å². The Morgan fingerprint density at radius 1 is 0.808 bits per heavy atom. The van der Waals surface area contributed by atoms with Gasteiger partial charge in [-0.2, -0.15) is 0 Å². The third-order valence-corrected chi connectivity index (χ3v) is 5.83. The van der Waals surface area contributed by atoms with Crippen LogP contribution in [0.5, 0.6) is 0 Å². The minimum absolute atomic E-state index is 0.116. The molecule has 0 aliphatic heterocycles. The first-order chi connectivity index (χ1) is 12.6. The van der Waals surface area contributed by atoms with Crippen LogP contribution in [0.1, 0.15) is 61.5 Å². The highest BCUT2D eigenvalue weighted by atomic mass is 19.1. The fourth-order valence-electron chi connectivity index (χ4n) is 4.16. The highest BCUT2D eigenvalue weighted by Gasteiger charge is 2.37. The summed E-state index contributed by atoms with van der Waals surface area (Å²) < 4.78 is 27.2. The second kappa shape index (κ2) is 7.30. The van der Waals surface area contributed by atoms with Crippen LogP contribution in [-0.4, -0.2) is 5.78 Å². The molecule has 0 aromatic heterocycles. The van der Waals surface area contributed by atoms with E-state index >= 15 is 0 Å². The van der Waals surface area contributed by atoms with Crippen LogP contribution < -0.4 is 0 Å². The average molecular weight is 354 g/mol. The lowest BCUT2D eigenvalue weighted by atomic mass is 9.84. The molecule has 2 aliphatic rings. The van der Waals surface area contributed by atoms with Crippen LogP contribution >= 0.6 is 0 Å². The Kier molecular flexibility index (Phi) is 4.88. The SMILES string of the molecule is O=C(C[C@@H](c1cccc(F)c1)C1CC1)C[C@@H](c1cccc(F)c1)C1CC1. The summed E-state index contributed by atoms with van der Waals surface area (Å²) in [6.07, 6.45) is 5.39. The highest BCUT2D eigenvalue weighted by molar-refractivity contribution is 5.80. The van der Waals surface area contributed by atoms with Gasteiger partial charge in [0.1, 0.15) is 17.4 Å². The van der Waals surface area contributed by atoms with Gasteiger partial charge in [-0.25, -0.2) is 8.78 Å². The van der Waals surface area contributed by atoms with Gasteiger partial charge in [0.15, 0.2) is 0 Å². The molecule has 4 rings (SSSR count). The molecule has 2 saturated carbocycles. The van der Waals surface area contributed by atoms with Gasteiger partial charge in [0.2, 0.25) is 0 Å². The Balaban J connectivity index is 1.47. The summed E-state index contributed by atoms with van der Waals surface area (Å²) in [6.45, 7) is 0. The van der Waals surface area contributed by atoms with Crippen LogP contribution in [0.25, 0.3) is 0 Å². The third kappa shape index (κ3) is 4.20. The number of ketones is 1. The van der Waals surface area contributed by atoms with E-state index in [0.717, 1.165) is 36.8 Å². The molecule has 136 valence electrons. The molecular formula is C23H24F2O. The van der Waals surface area contributed by atoms with Gasteiger partial charge in [0.25, 0.3) is 0 Å². The summed E-state index contributed by atoms with van der Waals surface area (Å²) in [5, 5.41) is 0. The van der Waals surface area contributed by atoms with Gasteiger partial charge in [-0.15, -0.1) is 0 Å². The second-order valence-corrected chi connectivity index (χ2v) is 7.94. The Morgan fingerprint density at radius 3 is 1.58 bits per heavy atom. The first-order valence-electron chi connectivity index (χ1n) is 9.63. The smallest absolute Gasteiger partial charge is 0.134 e. The Labute approximate surface area is 153 Å². The number of hydrogen-bond donors (Lipinski definition) is 0. The van der Waals surface area contributed by atoms with Gasteiger partial charge in [-0.3, -0.25) is 4.79 Å². The molecule has 0 saturated heterocycles. The molecule has 2 aliphatic carbocycles. The molecular weight excluding hydrogens is 330 g/mol. The summed E-state index contributed by atoms with van der Waals surface area (Å²) in [7, 11) is 0. The monoisotopic (exact) mass is 354 g/mol. The minimum atomic E-state index is -0.240. The topological polar surface area (TPSA) is 17.1 Å². The molecule has 2 atom stereocenters. The van der Waals surface area contributed by atoms with Crippen molar-refractivity contribution in [2.75, 3.05) is 0 Å². The molecule has 0 heterocycles. The molecule has 3 heteroatoms. The van der Waals surface area contributed by atoms with Crippen LogP contribution in [0, 0.1) is 23.5 Å². The number of halogens is 2. The Morgan fingerprint density at radius 2 is 1.23 bits per heavy atom. The second-order valence-electron chi connectivity index (χ2n) is 7.94. The third-order valence-electron chi connectivity index (χ3n) is 5.83. The van der Waals surface area contributed by atoms with Gasteiger partial charge in [-0.05, 0) is 84.7 Å². The summed E-state index contributed by atoms with van der Waals surface area (Å²) >= 11 is 0. The molecule has 26 heavy (non-hydrogen) atoms. The zero-order valence-corrected chi connectivity index (χ0v) is 14.8. The van der Waals surface area contributed by atoms with Gasteiger partial charge in [0, 0.05) is 12.8 Å². The van der Waals surface area contributed by atoms with Crippen molar-refractivity contribution in [1.29, 1.82) is 0 Å². The van der Waals surface area contributed by atoms with E-state index < -0.39 is 0 Å². The van der Waals surface area contributed by atoms with Gasteiger partial charge in [-0.1, -0.05) is 24.3 Å². The highest BCUT2D eigenvalue weighted by Crippen LogP contribution is 2.47. The number of benzene rings is 2.